The fourth-order valence-corrected chi connectivity index (χ4v) is 3.25. The zero-order valence-corrected chi connectivity index (χ0v) is 12.1. The molecule has 1 aliphatic rings. The van der Waals surface area contributed by atoms with E-state index in [1.807, 2.05) is 0 Å². The fourth-order valence-electron chi connectivity index (χ4n) is 3.25. The molecule has 2 N–H and O–H groups in total. The molecule has 0 bridgehead atoms. The lowest BCUT2D eigenvalue weighted by molar-refractivity contribution is 0.318. The minimum atomic E-state index is -0.252. The number of anilines is 1. The third-order valence-electron chi connectivity index (χ3n) is 4.43. The lowest BCUT2D eigenvalue weighted by Crippen LogP contribution is -2.07. The minimum Gasteiger partial charge on any atom is -0.380 e. The highest BCUT2D eigenvalue weighted by molar-refractivity contribution is 5.75. The van der Waals surface area contributed by atoms with Crippen molar-refractivity contribution < 1.29 is 8.91 Å². The largest absolute Gasteiger partial charge is 0.380 e. The SMILES string of the molecule is Nc1noc(CCC2CCCCC2)c1-c1ccc(F)cc1. The monoisotopic (exact) mass is 288 g/mol. The molecule has 112 valence electrons. The highest BCUT2D eigenvalue weighted by atomic mass is 19.1. The first kappa shape index (κ1) is 14.1. The lowest BCUT2D eigenvalue weighted by atomic mass is 9.85. The Balaban J connectivity index is 1.75. The second-order valence-corrected chi connectivity index (χ2v) is 5.92. The number of nitrogen functional groups attached to an aromatic ring is 1. The van der Waals surface area contributed by atoms with E-state index in [-0.39, 0.29) is 5.82 Å². The summed E-state index contributed by atoms with van der Waals surface area (Å²) < 4.78 is 18.5. The Morgan fingerprint density at radius 2 is 1.86 bits per heavy atom. The van der Waals surface area contributed by atoms with Crippen LogP contribution in [0.1, 0.15) is 44.3 Å². The summed E-state index contributed by atoms with van der Waals surface area (Å²) in [5, 5.41) is 3.89. The van der Waals surface area contributed by atoms with Gasteiger partial charge < -0.3 is 10.3 Å². The molecule has 1 aromatic carbocycles. The van der Waals surface area contributed by atoms with E-state index in [0.29, 0.717) is 5.82 Å². The van der Waals surface area contributed by atoms with Crippen LogP contribution in [0.2, 0.25) is 0 Å². The maximum Gasteiger partial charge on any atom is 0.175 e. The van der Waals surface area contributed by atoms with Crippen molar-refractivity contribution >= 4 is 5.82 Å². The number of aromatic nitrogens is 1. The summed E-state index contributed by atoms with van der Waals surface area (Å²) in [6.45, 7) is 0. The Bertz CT molecular complexity index is 585. The normalized spacial score (nSPS) is 16.2. The van der Waals surface area contributed by atoms with Crippen LogP contribution in [0.15, 0.2) is 28.8 Å². The van der Waals surface area contributed by atoms with Crippen molar-refractivity contribution in [1.29, 1.82) is 0 Å². The van der Waals surface area contributed by atoms with Gasteiger partial charge in [0.05, 0.1) is 5.56 Å². The average Bonchev–Trinajstić information content (AvgIpc) is 2.88. The van der Waals surface area contributed by atoms with Crippen LogP contribution in [0.25, 0.3) is 11.1 Å². The summed E-state index contributed by atoms with van der Waals surface area (Å²) in [5.74, 6) is 1.74. The van der Waals surface area contributed by atoms with Crippen LogP contribution in [0.4, 0.5) is 10.2 Å². The van der Waals surface area contributed by atoms with Crippen LogP contribution in [0.5, 0.6) is 0 Å². The molecule has 0 radical (unpaired) electrons. The van der Waals surface area contributed by atoms with Gasteiger partial charge in [-0.25, -0.2) is 4.39 Å². The number of hydrogen-bond acceptors (Lipinski definition) is 3. The molecular formula is C17H21FN2O. The van der Waals surface area contributed by atoms with Crippen molar-refractivity contribution in [3.63, 3.8) is 0 Å². The predicted molar refractivity (Wildman–Crippen MR) is 81.2 cm³/mol. The van der Waals surface area contributed by atoms with E-state index in [9.17, 15) is 4.39 Å². The number of nitrogens with zero attached hydrogens (tertiary/aromatic N) is 1. The molecule has 0 amide bonds. The molecule has 3 rings (SSSR count). The van der Waals surface area contributed by atoms with Crippen LogP contribution >= 0.6 is 0 Å². The van der Waals surface area contributed by atoms with E-state index in [4.69, 9.17) is 10.3 Å². The molecule has 1 aromatic heterocycles. The van der Waals surface area contributed by atoms with E-state index in [1.165, 1.54) is 44.2 Å². The topological polar surface area (TPSA) is 52.0 Å². The Labute approximate surface area is 124 Å². The molecule has 3 nitrogen and oxygen atoms in total. The molecule has 4 heteroatoms. The van der Waals surface area contributed by atoms with Gasteiger partial charge in [0.2, 0.25) is 0 Å². The van der Waals surface area contributed by atoms with Crippen LogP contribution in [-0.4, -0.2) is 5.16 Å². The van der Waals surface area contributed by atoms with Crippen molar-refractivity contribution in [2.45, 2.75) is 44.9 Å². The van der Waals surface area contributed by atoms with Crippen LogP contribution in [0, 0.1) is 11.7 Å². The van der Waals surface area contributed by atoms with Crippen molar-refractivity contribution in [2.24, 2.45) is 5.92 Å². The zero-order chi connectivity index (χ0) is 14.7. The number of nitrogens with two attached hydrogens (primary N) is 1. The first-order chi connectivity index (χ1) is 10.2. The highest BCUT2D eigenvalue weighted by Crippen LogP contribution is 2.33. The standard InChI is InChI=1S/C17H21FN2O/c18-14-9-7-13(8-10-14)16-15(21-20-17(16)19)11-6-12-4-2-1-3-5-12/h7-10,12H,1-6,11H2,(H2,19,20). The third-order valence-corrected chi connectivity index (χ3v) is 4.43. The van der Waals surface area contributed by atoms with Gasteiger partial charge in [-0.05, 0) is 30.0 Å². The molecule has 21 heavy (non-hydrogen) atoms. The highest BCUT2D eigenvalue weighted by Gasteiger charge is 2.19. The zero-order valence-electron chi connectivity index (χ0n) is 12.1. The van der Waals surface area contributed by atoms with Crippen molar-refractivity contribution in [2.75, 3.05) is 5.73 Å². The van der Waals surface area contributed by atoms with Crippen LogP contribution in [-0.2, 0) is 6.42 Å². The van der Waals surface area contributed by atoms with Gasteiger partial charge in [0.15, 0.2) is 5.82 Å². The summed E-state index contributed by atoms with van der Waals surface area (Å²) in [7, 11) is 0. The smallest absolute Gasteiger partial charge is 0.175 e. The second kappa shape index (κ2) is 6.29. The number of halogens is 1. The van der Waals surface area contributed by atoms with E-state index < -0.39 is 0 Å². The van der Waals surface area contributed by atoms with Gasteiger partial charge in [0.1, 0.15) is 11.6 Å². The van der Waals surface area contributed by atoms with Gasteiger partial charge in [-0.15, -0.1) is 0 Å². The summed E-state index contributed by atoms with van der Waals surface area (Å²) in [5.41, 5.74) is 7.62. The van der Waals surface area contributed by atoms with Crippen LogP contribution < -0.4 is 5.73 Å². The second-order valence-electron chi connectivity index (χ2n) is 5.92. The Morgan fingerprint density at radius 1 is 1.14 bits per heavy atom. The Morgan fingerprint density at radius 3 is 2.57 bits per heavy atom. The van der Waals surface area contributed by atoms with E-state index in [2.05, 4.69) is 5.16 Å². The number of rotatable bonds is 4. The van der Waals surface area contributed by atoms with Gasteiger partial charge in [0.25, 0.3) is 0 Å². The van der Waals surface area contributed by atoms with Crippen molar-refractivity contribution in [3.8, 4) is 11.1 Å². The van der Waals surface area contributed by atoms with Gasteiger partial charge in [-0.1, -0.05) is 49.4 Å². The quantitative estimate of drug-likeness (QED) is 0.896. The molecule has 1 fully saturated rings. The molecule has 0 saturated heterocycles. The first-order valence-electron chi connectivity index (χ1n) is 7.74. The summed E-state index contributed by atoms with van der Waals surface area (Å²) >= 11 is 0. The molecule has 1 heterocycles. The molecule has 0 unspecified atom stereocenters. The number of hydrogen-bond donors (Lipinski definition) is 1. The van der Waals surface area contributed by atoms with Gasteiger partial charge in [-0.3, -0.25) is 0 Å². The van der Waals surface area contributed by atoms with Crippen LogP contribution in [0.3, 0.4) is 0 Å². The minimum absolute atomic E-state index is 0.252. The maximum absolute atomic E-state index is 13.1. The number of aryl methyl sites for hydroxylation is 1. The van der Waals surface area contributed by atoms with Gasteiger partial charge in [0, 0.05) is 6.42 Å². The molecule has 0 spiro atoms. The lowest BCUT2D eigenvalue weighted by Gasteiger charge is -2.20. The molecule has 0 atom stereocenters. The van der Waals surface area contributed by atoms with Crippen molar-refractivity contribution in [3.05, 3.63) is 35.8 Å². The molecule has 2 aromatic rings. The van der Waals surface area contributed by atoms with E-state index >= 15 is 0 Å². The summed E-state index contributed by atoms with van der Waals surface area (Å²) in [6.07, 6.45) is 8.64. The average molecular weight is 288 g/mol. The third kappa shape index (κ3) is 3.26. The Hall–Kier alpha value is -1.84. The number of benzene rings is 1. The molecular weight excluding hydrogens is 267 g/mol. The first-order valence-corrected chi connectivity index (χ1v) is 7.74. The Kier molecular flexibility index (Phi) is 4.23. The fraction of sp³-hybridized carbons (Fsp3) is 0.471. The summed E-state index contributed by atoms with van der Waals surface area (Å²) in [6, 6.07) is 6.32. The van der Waals surface area contributed by atoms with E-state index in [0.717, 1.165) is 35.6 Å². The van der Waals surface area contributed by atoms with Gasteiger partial charge >= 0.3 is 0 Å². The predicted octanol–water partition coefficient (Wildman–Crippen LogP) is 4.58. The van der Waals surface area contributed by atoms with E-state index in [1.54, 1.807) is 12.1 Å². The summed E-state index contributed by atoms with van der Waals surface area (Å²) in [4.78, 5) is 0. The van der Waals surface area contributed by atoms with Gasteiger partial charge in [-0.2, -0.15) is 0 Å². The molecule has 1 aliphatic carbocycles. The maximum atomic E-state index is 13.1. The molecule has 0 aliphatic heterocycles. The molecule has 1 saturated carbocycles. The van der Waals surface area contributed by atoms with Crippen molar-refractivity contribution in [1.82, 2.24) is 5.16 Å².